The summed E-state index contributed by atoms with van der Waals surface area (Å²) < 4.78 is 1.99. The van der Waals surface area contributed by atoms with Crippen LogP contribution in [-0.2, 0) is 17.1 Å². The maximum Gasteiger partial charge on any atom is 0.230 e. The molecule has 0 spiro atoms. The largest absolute Gasteiger partial charge is 0.348 e. The van der Waals surface area contributed by atoms with Crippen LogP contribution in [0.25, 0.3) is 5.69 Å². The Morgan fingerprint density at radius 2 is 1.70 bits per heavy atom. The number of thioether (sulfide) groups is 2. The van der Waals surface area contributed by atoms with E-state index >= 15 is 0 Å². The first-order chi connectivity index (χ1) is 16.1. The second-order valence-corrected chi connectivity index (χ2v) is 9.75. The SMILES string of the molecule is Cc1ccc(Cl)cc1-n1c(CNC(=O)CSc2ccccc2)nnc1SCc1ccccc1. The van der Waals surface area contributed by atoms with Crippen molar-refractivity contribution in [3.8, 4) is 5.69 Å². The van der Waals surface area contributed by atoms with Gasteiger partial charge in [-0.15, -0.1) is 22.0 Å². The third-order valence-corrected chi connectivity index (χ3v) is 7.13. The smallest absolute Gasteiger partial charge is 0.230 e. The van der Waals surface area contributed by atoms with Gasteiger partial charge in [-0.05, 0) is 42.3 Å². The van der Waals surface area contributed by atoms with E-state index in [9.17, 15) is 4.79 Å². The minimum Gasteiger partial charge on any atom is -0.348 e. The average molecular weight is 495 g/mol. The minimum absolute atomic E-state index is 0.0558. The van der Waals surface area contributed by atoms with Gasteiger partial charge in [0.25, 0.3) is 0 Å². The van der Waals surface area contributed by atoms with Gasteiger partial charge in [0.1, 0.15) is 0 Å². The maximum atomic E-state index is 12.5. The Morgan fingerprint density at radius 3 is 2.45 bits per heavy atom. The molecule has 3 aromatic carbocycles. The van der Waals surface area contributed by atoms with Gasteiger partial charge >= 0.3 is 0 Å². The summed E-state index contributed by atoms with van der Waals surface area (Å²) in [7, 11) is 0. The van der Waals surface area contributed by atoms with Gasteiger partial charge < -0.3 is 5.32 Å². The van der Waals surface area contributed by atoms with Crippen LogP contribution in [0.15, 0.2) is 88.9 Å². The minimum atomic E-state index is -0.0558. The summed E-state index contributed by atoms with van der Waals surface area (Å²) in [6.07, 6.45) is 0. The topological polar surface area (TPSA) is 59.8 Å². The Balaban J connectivity index is 1.51. The highest BCUT2D eigenvalue weighted by Gasteiger charge is 2.17. The highest BCUT2D eigenvalue weighted by atomic mass is 35.5. The molecular weight excluding hydrogens is 472 g/mol. The first kappa shape index (κ1) is 23.4. The van der Waals surface area contributed by atoms with Gasteiger partial charge in [-0.25, -0.2) is 0 Å². The van der Waals surface area contributed by atoms with E-state index in [0.29, 0.717) is 16.6 Å². The van der Waals surface area contributed by atoms with Gasteiger partial charge in [0.2, 0.25) is 5.91 Å². The number of hydrogen-bond acceptors (Lipinski definition) is 5. The fourth-order valence-electron chi connectivity index (χ4n) is 3.19. The Morgan fingerprint density at radius 1 is 0.970 bits per heavy atom. The number of aryl methyl sites for hydroxylation is 1. The van der Waals surface area contributed by atoms with Crippen LogP contribution in [0.5, 0.6) is 0 Å². The summed E-state index contributed by atoms with van der Waals surface area (Å²) in [5.74, 6) is 1.71. The molecule has 5 nitrogen and oxygen atoms in total. The highest BCUT2D eigenvalue weighted by Crippen LogP contribution is 2.28. The van der Waals surface area contributed by atoms with Crippen molar-refractivity contribution >= 4 is 41.0 Å². The molecule has 4 rings (SSSR count). The second-order valence-electron chi connectivity index (χ2n) is 7.32. The molecule has 0 aliphatic rings. The fourth-order valence-corrected chi connectivity index (χ4v) is 5.03. The molecule has 0 saturated heterocycles. The van der Waals surface area contributed by atoms with Crippen molar-refractivity contribution in [2.45, 2.75) is 29.3 Å². The van der Waals surface area contributed by atoms with Crippen LogP contribution in [0.3, 0.4) is 0 Å². The van der Waals surface area contributed by atoms with Crippen LogP contribution >= 0.6 is 35.1 Å². The predicted molar refractivity (Wildman–Crippen MR) is 136 cm³/mol. The quantitative estimate of drug-likeness (QED) is 0.292. The number of benzene rings is 3. The summed E-state index contributed by atoms with van der Waals surface area (Å²) in [5.41, 5.74) is 3.16. The van der Waals surface area contributed by atoms with Crippen molar-refractivity contribution < 1.29 is 4.79 Å². The van der Waals surface area contributed by atoms with E-state index in [1.807, 2.05) is 78.2 Å². The number of halogens is 1. The van der Waals surface area contributed by atoms with Crippen LogP contribution in [0.4, 0.5) is 0 Å². The summed E-state index contributed by atoms with van der Waals surface area (Å²) in [4.78, 5) is 13.5. The maximum absolute atomic E-state index is 12.5. The molecule has 0 saturated carbocycles. The Labute approximate surface area is 207 Å². The van der Waals surface area contributed by atoms with Crippen LogP contribution < -0.4 is 5.32 Å². The number of aromatic nitrogens is 3. The zero-order chi connectivity index (χ0) is 23.0. The standard InChI is InChI=1S/C25H23ClN4OS2/c1-18-12-13-20(26)14-22(18)30-23(15-27-24(31)17-32-21-10-6-3-7-11-21)28-29-25(30)33-16-19-8-4-2-5-9-19/h2-14H,15-17H2,1H3,(H,27,31). The monoisotopic (exact) mass is 494 g/mol. The molecule has 1 amide bonds. The number of rotatable bonds is 9. The van der Waals surface area contributed by atoms with Gasteiger partial charge in [-0.2, -0.15) is 0 Å². The normalized spacial score (nSPS) is 10.8. The van der Waals surface area contributed by atoms with Gasteiger partial charge in [0.05, 0.1) is 18.0 Å². The van der Waals surface area contributed by atoms with Crippen LogP contribution in [-0.4, -0.2) is 26.4 Å². The molecule has 1 aromatic heterocycles. The summed E-state index contributed by atoms with van der Waals surface area (Å²) in [6.45, 7) is 2.30. The van der Waals surface area contributed by atoms with Crippen LogP contribution in [0.2, 0.25) is 5.02 Å². The van der Waals surface area contributed by atoms with E-state index in [4.69, 9.17) is 11.6 Å². The third-order valence-electron chi connectivity index (χ3n) is 4.88. The molecule has 0 radical (unpaired) electrons. The van der Waals surface area contributed by atoms with E-state index in [0.717, 1.165) is 27.1 Å². The van der Waals surface area contributed by atoms with Crippen molar-refractivity contribution in [1.82, 2.24) is 20.1 Å². The van der Waals surface area contributed by atoms with Crippen molar-refractivity contribution in [1.29, 1.82) is 0 Å². The van der Waals surface area contributed by atoms with E-state index < -0.39 is 0 Å². The summed E-state index contributed by atoms with van der Waals surface area (Å²) >= 11 is 9.41. The molecule has 0 unspecified atom stereocenters. The number of carbonyl (C=O) groups excluding carboxylic acids is 1. The Kier molecular flexibility index (Phi) is 8.10. The molecule has 1 heterocycles. The van der Waals surface area contributed by atoms with Gasteiger partial charge in [-0.3, -0.25) is 9.36 Å². The fraction of sp³-hybridized carbons (Fsp3) is 0.160. The number of nitrogens with zero attached hydrogens (tertiary/aromatic N) is 3. The lowest BCUT2D eigenvalue weighted by Crippen LogP contribution is -2.26. The third kappa shape index (κ3) is 6.41. The molecule has 33 heavy (non-hydrogen) atoms. The highest BCUT2D eigenvalue weighted by molar-refractivity contribution is 8.00. The van der Waals surface area contributed by atoms with E-state index in [2.05, 4.69) is 27.6 Å². The number of amides is 1. The molecular formula is C25H23ClN4OS2. The summed E-state index contributed by atoms with van der Waals surface area (Å²) in [6, 6.07) is 25.8. The van der Waals surface area contributed by atoms with Crippen molar-refractivity contribution in [3.05, 3.63) is 101 Å². The second kappa shape index (κ2) is 11.4. The molecule has 0 aliphatic heterocycles. The molecule has 0 aliphatic carbocycles. The molecule has 4 aromatic rings. The lowest BCUT2D eigenvalue weighted by molar-refractivity contribution is -0.118. The van der Waals surface area contributed by atoms with E-state index in [1.165, 1.54) is 17.3 Å². The Hall–Kier alpha value is -2.74. The lowest BCUT2D eigenvalue weighted by Gasteiger charge is -2.14. The number of hydrogen-bond donors (Lipinski definition) is 1. The van der Waals surface area contributed by atoms with Gasteiger partial charge in [0.15, 0.2) is 11.0 Å². The zero-order valence-corrected chi connectivity index (χ0v) is 20.5. The van der Waals surface area contributed by atoms with Crippen LogP contribution in [0.1, 0.15) is 17.0 Å². The van der Waals surface area contributed by atoms with Crippen molar-refractivity contribution in [3.63, 3.8) is 0 Å². The van der Waals surface area contributed by atoms with Crippen molar-refractivity contribution in [2.75, 3.05) is 5.75 Å². The van der Waals surface area contributed by atoms with E-state index in [1.54, 1.807) is 11.8 Å². The van der Waals surface area contributed by atoms with Crippen molar-refractivity contribution in [2.24, 2.45) is 0 Å². The predicted octanol–water partition coefficient (Wildman–Crippen LogP) is 5.93. The number of nitrogens with one attached hydrogen (secondary N) is 1. The zero-order valence-electron chi connectivity index (χ0n) is 18.1. The summed E-state index contributed by atoms with van der Waals surface area (Å²) in [5, 5.41) is 13.2. The van der Waals surface area contributed by atoms with Gasteiger partial charge in [0, 0.05) is 15.7 Å². The molecule has 0 fully saturated rings. The first-order valence-electron chi connectivity index (χ1n) is 10.4. The average Bonchev–Trinajstić information content (AvgIpc) is 3.25. The molecule has 8 heteroatoms. The van der Waals surface area contributed by atoms with Crippen LogP contribution in [0, 0.1) is 6.92 Å². The van der Waals surface area contributed by atoms with E-state index in [-0.39, 0.29) is 12.5 Å². The molecule has 168 valence electrons. The number of carbonyl (C=O) groups is 1. The molecule has 0 atom stereocenters. The Bertz CT molecular complexity index is 1220. The lowest BCUT2D eigenvalue weighted by atomic mass is 10.2. The molecule has 0 bridgehead atoms. The first-order valence-corrected chi connectivity index (χ1v) is 12.8. The van der Waals surface area contributed by atoms with Gasteiger partial charge in [-0.1, -0.05) is 78.0 Å². The molecule has 1 N–H and O–H groups in total.